The topological polar surface area (TPSA) is 60.8 Å². The maximum Gasteiger partial charge on any atom is 0.331 e. The normalized spacial score (nSPS) is 19.8. The molecule has 1 aromatic rings. The number of aliphatic hydroxyl groups excluding tert-OH is 1. The molecule has 0 radical (unpaired) electrons. The minimum Gasteiger partial charge on any atom is -0.478 e. The zero-order valence-corrected chi connectivity index (χ0v) is 12.2. The summed E-state index contributed by atoms with van der Waals surface area (Å²) in [6.07, 6.45) is 2.10. The highest BCUT2D eigenvalue weighted by Crippen LogP contribution is 2.29. The van der Waals surface area contributed by atoms with Gasteiger partial charge >= 0.3 is 5.97 Å². The van der Waals surface area contributed by atoms with Crippen molar-refractivity contribution >= 4 is 33.7 Å². The lowest BCUT2D eigenvalue weighted by Gasteiger charge is -2.20. The molecule has 1 atom stereocenters. The fourth-order valence-electron chi connectivity index (χ4n) is 2.18. The third-order valence-electron chi connectivity index (χ3n) is 3.20. The van der Waals surface area contributed by atoms with E-state index in [1.54, 1.807) is 13.0 Å². The van der Waals surface area contributed by atoms with E-state index in [0.717, 1.165) is 28.7 Å². The van der Waals surface area contributed by atoms with Crippen LogP contribution in [0.4, 0.5) is 5.69 Å². The molecule has 0 spiro atoms. The number of β-amino-alcohol motifs (C(OH)–C–C–N with tert-alkyl or cyclic N) is 1. The zero-order chi connectivity index (χ0) is 14.0. The van der Waals surface area contributed by atoms with Crippen LogP contribution >= 0.6 is 15.9 Å². The van der Waals surface area contributed by atoms with E-state index in [0.29, 0.717) is 12.1 Å². The molecule has 0 aliphatic carbocycles. The number of hydrogen-bond acceptors (Lipinski definition) is 3. The van der Waals surface area contributed by atoms with Gasteiger partial charge in [0.1, 0.15) is 0 Å². The molecule has 0 saturated carbocycles. The van der Waals surface area contributed by atoms with Gasteiger partial charge in [-0.3, -0.25) is 0 Å². The van der Waals surface area contributed by atoms with Crippen LogP contribution in [0.15, 0.2) is 28.2 Å². The highest BCUT2D eigenvalue weighted by Gasteiger charge is 2.22. The molecule has 5 heteroatoms. The van der Waals surface area contributed by atoms with Crippen LogP contribution in [0, 0.1) is 0 Å². The summed E-state index contributed by atoms with van der Waals surface area (Å²) in [6.45, 7) is 2.95. The monoisotopic (exact) mass is 325 g/mol. The number of rotatable bonds is 3. The van der Waals surface area contributed by atoms with Gasteiger partial charge in [0, 0.05) is 28.8 Å². The van der Waals surface area contributed by atoms with Crippen molar-refractivity contribution in [2.75, 3.05) is 18.0 Å². The number of halogens is 1. The summed E-state index contributed by atoms with van der Waals surface area (Å²) in [4.78, 5) is 13.0. The van der Waals surface area contributed by atoms with Crippen LogP contribution in [0.2, 0.25) is 0 Å². The van der Waals surface area contributed by atoms with Crippen molar-refractivity contribution in [1.29, 1.82) is 0 Å². The van der Waals surface area contributed by atoms with Gasteiger partial charge in [0.25, 0.3) is 0 Å². The fraction of sp³-hybridized carbons (Fsp3) is 0.357. The van der Waals surface area contributed by atoms with E-state index < -0.39 is 5.97 Å². The molecule has 2 rings (SSSR count). The first kappa shape index (κ1) is 14.1. The van der Waals surface area contributed by atoms with Crippen molar-refractivity contribution < 1.29 is 15.0 Å². The lowest BCUT2D eigenvalue weighted by Crippen LogP contribution is -2.22. The Bertz CT molecular complexity index is 527. The predicted molar refractivity (Wildman–Crippen MR) is 78.3 cm³/mol. The molecule has 1 saturated heterocycles. The van der Waals surface area contributed by atoms with Crippen LogP contribution < -0.4 is 4.90 Å². The third-order valence-corrected chi connectivity index (χ3v) is 3.70. The van der Waals surface area contributed by atoms with Gasteiger partial charge < -0.3 is 15.1 Å². The van der Waals surface area contributed by atoms with Crippen molar-refractivity contribution in [3.63, 3.8) is 0 Å². The number of carboxylic acids is 1. The number of nitrogens with zero attached hydrogens (tertiary/aromatic N) is 1. The average molecular weight is 326 g/mol. The minimum atomic E-state index is -0.924. The van der Waals surface area contributed by atoms with Crippen molar-refractivity contribution in [3.8, 4) is 0 Å². The number of anilines is 1. The van der Waals surface area contributed by atoms with Crippen LogP contribution in [0.1, 0.15) is 18.9 Å². The third kappa shape index (κ3) is 3.36. The first-order valence-corrected chi connectivity index (χ1v) is 6.91. The molecule has 2 N–H and O–H groups in total. The van der Waals surface area contributed by atoms with Gasteiger partial charge in [0.2, 0.25) is 0 Å². The molecule has 1 unspecified atom stereocenters. The standard InChI is InChI=1S/C14H16BrNO3/c1-9(14(18)19)6-10-7-11(15)2-3-13(10)16-5-4-12(17)8-16/h2-3,6-7,12,17H,4-5,8H2,1H3,(H,18,19)/b9-6+. The highest BCUT2D eigenvalue weighted by molar-refractivity contribution is 9.10. The second-order valence-corrected chi connectivity index (χ2v) is 5.64. The average Bonchev–Trinajstić information content (AvgIpc) is 2.75. The molecular weight excluding hydrogens is 310 g/mol. The summed E-state index contributed by atoms with van der Waals surface area (Å²) in [6, 6.07) is 5.77. The molecule has 1 aliphatic heterocycles. The van der Waals surface area contributed by atoms with E-state index in [2.05, 4.69) is 20.8 Å². The Morgan fingerprint density at radius 3 is 2.84 bits per heavy atom. The summed E-state index contributed by atoms with van der Waals surface area (Å²) >= 11 is 3.40. The SMILES string of the molecule is C/C(=C\c1cc(Br)ccc1N1CCC(O)C1)C(=O)O. The Labute approximate surface area is 120 Å². The summed E-state index contributed by atoms with van der Waals surface area (Å²) in [5.41, 5.74) is 2.10. The number of hydrogen-bond donors (Lipinski definition) is 2. The lowest BCUT2D eigenvalue weighted by molar-refractivity contribution is -0.132. The van der Waals surface area contributed by atoms with Gasteiger partial charge in [-0.15, -0.1) is 0 Å². The van der Waals surface area contributed by atoms with Gasteiger partial charge in [-0.25, -0.2) is 4.79 Å². The molecule has 0 bridgehead atoms. The summed E-state index contributed by atoms with van der Waals surface area (Å²) in [5, 5.41) is 18.6. The number of carboxylic acid groups (broad SMARTS) is 1. The van der Waals surface area contributed by atoms with Crippen molar-refractivity contribution in [2.45, 2.75) is 19.4 Å². The van der Waals surface area contributed by atoms with Gasteiger partial charge in [-0.2, -0.15) is 0 Å². The zero-order valence-electron chi connectivity index (χ0n) is 10.6. The maximum absolute atomic E-state index is 10.9. The molecular formula is C14H16BrNO3. The molecule has 0 amide bonds. The second-order valence-electron chi connectivity index (χ2n) is 4.72. The molecule has 1 heterocycles. The molecule has 1 fully saturated rings. The smallest absolute Gasteiger partial charge is 0.331 e. The highest BCUT2D eigenvalue weighted by atomic mass is 79.9. The first-order valence-electron chi connectivity index (χ1n) is 6.11. The Hall–Kier alpha value is -1.33. The first-order chi connectivity index (χ1) is 8.97. The predicted octanol–water partition coefficient (Wildman–Crippen LogP) is 2.51. The largest absolute Gasteiger partial charge is 0.478 e. The van der Waals surface area contributed by atoms with Gasteiger partial charge in [0.15, 0.2) is 0 Å². The van der Waals surface area contributed by atoms with Crippen LogP contribution in [0.5, 0.6) is 0 Å². The van der Waals surface area contributed by atoms with Crippen molar-refractivity contribution in [1.82, 2.24) is 0 Å². The fourth-order valence-corrected chi connectivity index (χ4v) is 2.56. The molecule has 102 valence electrons. The quantitative estimate of drug-likeness (QED) is 0.838. The molecule has 19 heavy (non-hydrogen) atoms. The maximum atomic E-state index is 10.9. The van der Waals surface area contributed by atoms with E-state index in [1.807, 2.05) is 18.2 Å². The van der Waals surface area contributed by atoms with Crippen LogP contribution in [0.25, 0.3) is 6.08 Å². The van der Waals surface area contributed by atoms with E-state index in [4.69, 9.17) is 5.11 Å². The van der Waals surface area contributed by atoms with E-state index in [-0.39, 0.29) is 6.10 Å². The lowest BCUT2D eigenvalue weighted by atomic mass is 10.1. The van der Waals surface area contributed by atoms with E-state index in [1.165, 1.54) is 0 Å². The Balaban J connectivity index is 2.38. The summed E-state index contributed by atoms with van der Waals surface area (Å²) in [5.74, 6) is -0.924. The number of benzene rings is 1. The Morgan fingerprint density at radius 1 is 1.53 bits per heavy atom. The van der Waals surface area contributed by atoms with E-state index >= 15 is 0 Å². The minimum absolute atomic E-state index is 0.291. The molecule has 0 aromatic heterocycles. The van der Waals surface area contributed by atoms with Crippen molar-refractivity contribution in [2.24, 2.45) is 0 Å². The van der Waals surface area contributed by atoms with Gasteiger partial charge in [-0.1, -0.05) is 15.9 Å². The Kier molecular flexibility index (Phi) is 4.27. The van der Waals surface area contributed by atoms with Gasteiger partial charge in [0.05, 0.1) is 6.10 Å². The number of aliphatic hydroxyl groups is 1. The van der Waals surface area contributed by atoms with Crippen molar-refractivity contribution in [3.05, 3.63) is 33.8 Å². The van der Waals surface area contributed by atoms with Crippen LogP contribution in [-0.2, 0) is 4.79 Å². The Morgan fingerprint density at radius 2 is 2.26 bits per heavy atom. The van der Waals surface area contributed by atoms with Crippen LogP contribution in [0.3, 0.4) is 0 Å². The second kappa shape index (κ2) is 5.75. The number of aliphatic carboxylic acids is 1. The molecule has 4 nitrogen and oxygen atoms in total. The summed E-state index contributed by atoms with van der Waals surface area (Å²) in [7, 11) is 0. The number of carbonyl (C=O) groups is 1. The van der Waals surface area contributed by atoms with E-state index in [9.17, 15) is 9.90 Å². The van der Waals surface area contributed by atoms with Crippen LogP contribution in [-0.4, -0.2) is 35.4 Å². The van der Waals surface area contributed by atoms with Gasteiger partial charge in [-0.05, 0) is 43.2 Å². The summed E-state index contributed by atoms with van der Waals surface area (Å²) < 4.78 is 0.903. The molecule has 1 aliphatic rings. The molecule has 1 aromatic carbocycles.